The molecule has 0 amide bonds. The predicted molar refractivity (Wildman–Crippen MR) is 84.1 cm³/mol. The third-order valence-electron chi connectivity index (χ3n) is 3.60. The normalized spacial score (nSPS) is 15.2. The molecule has 1 aromatic rings. The van der Waals surface area contributed by atoms with Gasteiger partial charge in [0.15, 0.2) is 5.13 Å². The second-order valence-corrected chi connectivity index (χ2v) is 7.04. The summed E-state index contributed by atoms with van der Waals surface area (Å²) in [6.07, 6.45) is 4.96. The van der Waals surface area contributed by atoms with Crippen LogP contribution in [0.15, 0.2) is 0 Å². The molecule has 0 bridgehead atoms. The Morgan fingerprint density at radius 3 is 2.74 bits per heavy atom. The van der Waals surface area contributed by atoms with Gasteiger partial charge in [-0.1, -0.05) is 20.8 Å². The summed E-state index contributed by atoms with van der Waals surface area (Å²) < 4.78 is 0. The zero-order valence-corrected chi connectivity index (χ0v) is 13.5. The van der Waals surface area contributed by atoms with E-state index in [1.165, 1.54) is 35.0 Å². The summed E-state index contributed by atoms with van der Waals surface area (Å²) in [6.45, 7) is 8.86. The fourth-order valence-electron chi connectivity index (χ4n) is 2.02. The Kier molecular flexibility index (Phi) is 5.22. The van der Waals surface area contributed by atoms with Crippen molar-refractivity contribution in [1.29, 1.82) is 0 Å². The summed E-state index contributed by atoms with van der Waals surface area (Å²) in [6, 6.07) is 0.772. The maximum atomic E-state index is 4.81. The van der Waals surface area contributed by atoms with Crippen molar-refractivity contribution in [3.8, 4) is 0 Å². The monoisotopic (exact) mass is 281 g/mol. The van der Waals surface area contributed by atoms with Crippen molar-refractivity contribution < 1.29 is 0 Å². The first kappa shape index (κ1) is 14.8. The van der Waals surface area contributed by atoms with Crippen LogP contribution >= 0.6 is 11.3 Å². The predicted octanol–water partition coefficient (Wildman–Crippen LogP) is 3.44. The molecule has 4 heteroatoms. The first-order valence-electron chi connectivity index (χ1n) is 7.53. The van der Waals surface area contributed by atoms with Gasteiger partial charge in [0, 0.05) is 31.1 Å². The molecule has 0 aliphatic heterocycles. The number of aromatic nitrogens is 1. The number of anilines is 1. The largest absolute Gasteiger partial charge is 0.351 e. The van der Waals surface area contributed by atoms with Gasteiger partial charge >= 0.3 is 0 Å². The van der Waals surface area contributed by atoms with E-state index in [9.17, 15) is 0 Å². The van der Waals surface area contributed by atoms with Crippen molar-refractivity contribution in [2.24, 2.45) is 5.92 Å². The number of nitrogens with zero attached hydrogens (tertiary/aromatic N) is 2. The van der Waals surface area contributed by atoms with E-state index >= 15 is 0 Å². The standard InChI is InChI=1S/C15H27N3S/c1-5-13-14(10-16-12-6-7-12)19-15(17-13)18(4)9-8-11(2)3/h11-12,16H,5-10H2,1-4H3. The van der Waals surface area contributed by atoms with Crippen molar-refractivity contribution in [2.45, 2.75) is 59.0 Å². The molecule has 0 unspecified atom stereocenters. The quantitative estimate of drug-likeness (QED) is 0.791. The van der Waals surface area contributed by atoms with Crippen LogP contribution in [0.25, 0.3) is 0 Å². The number of nitrogens with one attached hydrogen (secondary N) is 1. The molecular formula is C15H27N3S. The smallest absolute Gasteiger partial charge is 0.185 e. The van der Waals surface area contributed by atoms with E-state index in [2.05, 4.69) is 38.0 Å². The molecule has 19 heavy (non-hydrogen) atoms. The summed E-state index contributed by atoms with van der Waals surface area (Å²) in [7, 11) is 2.17. The molecular weight excluding hydrogens is 254 g/mol. The first-order chi connectivity index (χ1) is 9.10. The minimum atomic E-state index is 0.754. The fourth-order valence-corrected chi connectivity index (χ4v) is 3.11. The van der Waals surface area contributed by atoms with Crippen LogP contribution in [0.3, 0.4) is 0 Å². The Morgan fingerprint density at radius 2 is 2.16 bits per heavy atom. The summed E-state index contributed by atoms with van der Waals surface area (Å²) in [5, 5.41) is 4.79. The second kappa shape index (κ2) is 6.71. The molecule has 0 aromatic carbocycles. The van der Waals surface area contributed by atoms with Crippen LogP contribution in [-0.4, -0.2) is 24.6 Å². The zero-order valence-electron chi connectivity index (χ0n) is 12.7. The average molecular weight is 281 g/mol. The van der Waals surface area contributed by atoms with E-state index in [4.69, 9.17) is 4.98 Å². The van der Waals surface area contributed by atoms with Crippen molar-refractivity contribution >= 4 is 16.5 Å². The second-order valence-electron chi connectivity index (χ2n) is 5.98. The molecule has 0 saturated heterocycles. The Labute approximate surface area is 121 Å². The van der Waals surface area contributed by atoms with E-state index in [1.807, 2.05) is 11.3 Å². The van der Waals surface area contributed by atoms with Gasteiger partial charge in [0.1, 0.15) is 0 Å². The summed E-state index contributed by atoms with van der Waals surface area (Å²) in [4.78, 5) is 8.55. The minimum absolute atomic E-state index is 0.754. The summed E-state index contributed by atoms with van der Waals surface area (Å²) in [5.41, 5.74) is 1.28. The Morgan fingerprint density at radius 1 is 1.42 bits per heavy atom. The van der Waals surface area contributed by atoms with Gasteiger partial charge in [-0.15, -0.1) is 11.3 Å². The molecule has 1 fully saturated rings. The molecule has 1 aliphatic rings. The molecule has 0 atom stereocenters. The number of rotatable bonds is 8. The van der Waals surface area contributed by atoms with Crippen LogP contribution in [0.4, 0.5) is 5.13 Å². The molecule has 1 saturated carbocycles. The van der Waals surface area contributed by atoms with Gasteiger partial charge < -0.3 is 10.2 Å². The topological polar surface area (TPSA) is 28.2 Å². The van der Waals surface area contributed by atoms with E-state index in [1.54, 1.807) is 0 Å². The SMILES string of the molecule is CCc1nc(N(C)CCC(C)C)sc1CNC1CC1. The fraction of sp³-hybridized carbons (Fsp3) is 0.800. The molecule has 1 aromatic heterocycles. The van der Waals surface area contributed by atoms with Crippen LogP contribution < -0.4 is 10.2 Å². The third kappa shape index (κ3) is 4.46. The number of hydrogen-bond donors (Lipinski definition) is 1. The lowest BCUT2D eigenvalue weighted by molar-refractivity contribution is 0.585. The van der Waals surface area contributed by atoms with E-state index < -0.39 is 0 Å². The van der Waals surface area contributed by atoms with E-state index in [0.29, 0.717) is 0 Å². The highest BCUT2D eigenvalue weighted by Gasteiger charge is 2.21. The molecule has 3 nitrogen and oxygen atoms in total. The summed E-state index contributed by atoms with van der Waals surface area (Å²) in [5.74, 6) is 0.754. The highest BCUT2D eigenvalue weighted by molar-refractivity contribution is 7.15. The van der Waals surface area contributed by atoms with Gasteiger partial charge in [0.25, 0.3) is 0 Å². The van der Waals surface area contributed by atoms with Gasteiger partial charge in [-0.05, 0) is 31.6 Å². The van der Waals surface area contributed by atoms with Gasteiger partial charge in [0.05, 0.1) is 5.69 Å². The Bertz CT molecular complexity index is 396. The number of hydrogen-bond acceptors (Lipinski definition) is 4. The van der Waals surface area contributed by atoms with Crippen LogP contribution in [0.2, 0.25) is 0 Å². The Hall–Kier alpha value is -0.610. The van der Waals surface area contributed by atoms with Crippen LogP contribution in [-0.2, 0) is 13.0 Å². The third-order valence-corrected chi connectivity index (χ3v) is 4.81. The van der Waals surface area contributed by atoms with Gasteiger partial charge in [-0.25, -0.2) is 4.98 Å². The number of thiazole rings is 1. The van der Waals surface area contributed by atoms with Crippen molar-refractivity contribution in [3.63, 3.8) is 0 Å². The van der Waals surface area contributed by atoms with Gasteiger partial charge in [-0.2, -0.15) is 0 Å². The average Bonchev–Trinajstić information content (AvgIpc) is 3.12. The zero-order chi connectivity index (χ0) is 13.8. The molecule has 108 valence electrons. The van der Waals surface area contributed by atoms with Crippen LogP contribution in [0.5, 0.6) is 0 Å². The lowest BCUT2D eigenvalue weighted by atomic mass is 10.1. The maximum absolute atomic E-state index is 4.81. The number of aryl methyl sites for hydroxylation is 1. The highest BCUT2D eigenvalue weighted by atomic mass is 32.1. The molecule has 1 N–H and O–H groups in total. The van der Waals surface area contributed by atoms with Crippen LogP contribution in [0, 0.1) is 5.92 Å². The maximum Gasteiger partial charge on any atom is 0.185 e. The molecule has 2 rings (SSSR count). The minimum Gasteiger partial charge on any atom is -0.351 e. The van der Waals surface area contributed by atoms with Crippen molar-refractivity contribution in [3.05, 3.63) is 10.6 Å². The molecule has 1 heterocycles. The molecule has 0 spiro atoms. The lowest BCUT2D eigenvalue weighted by Gasteiger charge is -2.16. The highest BCUT2D eigenvalue weighted by Crippen LogP contribution is 2.28. The molecule has 1 aliphatic carbocycles. The van der Waals surface area contributed by atoms with E-state index in [-0.39, 0.29) is 0 Å². The first-order valence-corrected chi connectivity index (χ1v) is 8.34. The van der Waals surface area contributed by atoms with Crippen molar-refractivity contribution in [1.82, 2.24) is 10.3 Å². The van der Waals surface area contributed by atoms with Gasteiger partial charge in [0.2, 0.25) is 0 Å². The van der Waals surface area contributed by atoms with E-state index in [0.717, 1.165) is 31.5 Å². The van der Waals surface area contributed by atoms with Gasteiger partial charge in [-0.3, -0.25) is 0 Å². The molecule has 0 radical (unpaired) electrons. The van der Waals surface area contributed by atoms with Crippen LogP contribution in [0.1, 0.15) is 50.6 Å². The lowest BCUT2D eigenvalue weighted by Crippen LogP contribution is -2.19. The van der Waals surface area contributed by atoms with Crippen molar-refractivity contribution in [2.75, 3.05) is 18.5 Å². The Balaban J connectivity index is 1.95. The summed E-state index contributed by atoms with van der Waals surface area (Å²) >= 11 is 1.87.